The van der Waals surface area contributed by atoms with Crippen molar-refractivity contribution >= 4 is 0 Å². The lowest BCUT2D eigenvalue weighted by Crippen LogP contribution is -2.37. The zero-order chi connectivity index (χ0) is 12.3. The number of rotatable bonds is 4. The fourth-order valence-corrected chi connectivity index (χ4v) is 2.31. The highest BCUT2D eigenvalue weighted by molar-refractivity contribution is 5.33. The molecule has 0 saturated carbocycles. The van der Waals surface area contributed by atoms with E-state index >= 15 is 0 Å². The van der Waals surface area contributed by atoms with Gasteiger partial charge in [-0.15, -0.1) is 0 Å². The molecule has 1 aliphatic rings. The maximum absolute atomic E-state index is 9.45. The third-order valence-electron chi connectivity index (χ3n) is 3.28. The Morgan fingerprint density at radius 1 is 1.35 bits per heavy atom. The topological polar surface area (TPSA) is 69.7 Å². The van der Waals surface area contributed by atoms with E-state index < -0.39 is 6.10 Å². The predicted molar refractivity (Wildman–Crippen MR) is 66.4 cm³/mol. The summed E-state index contributed by atoms with van der Waals surface area (Å²) in [4.78, 5) is 2.17. The fraction of sp³-hybridized carbons (Fsp3) is 0.538. The highest BCUT2D eigenvalue weighted by Gasteiger charge is 2.18. The van der Waals surface area contributed by atoms with Crippen molar-refractivity contribution in [3.05, 3.63) is 34.9 Å². The molecular formula is C13H20N2O2. The van der Waals surface area contributed by atoms with Gasteiger partial charge in [-0.3, -0.25) is 4.90 Å². The van der Waals surface area contributed by atoms with Crippen molar-refractivity contribution in [2.24, 2.45) is 5.73 Å². The SMILES string of the molecule is NCc1ccc2c(c1)CN(CC(O)CO)CC2. The molecule has 1 atom stereocenters. The Kier molecular flexibility index (Phi) is 4.12. The van der Waals surface area contributed by atoms with Gasteiger partial charge in [0.2, 0.25) is 0 Å². The molecule has 0 amide bonds. The van der Waals surface area contributed by atoms with Gasteiger partial charge in [-0.25, -0.2) is 0 Å². The van der Waals surface area contributed by atoms with Crippen molar-refractivity contribution in [1.29, 1.82) is 0 Å². The number of hydrogen-bond donors (Lipinski definition) is 3. The molecule has 17 heavy (non-hydrogen) atoms. The Morgan fingerprint density at radius 2 is 2.18 bits per heavy atom. The number of benzene rings is 1. The third kappa shape index (κ3) is 3.04. The van der Waals surface area contributed by atoms with Gasteiger partial charge >= 0.3 is 0 Å². The first-order chi connectivity index (χ1) is 8.22. The van der Waals surface area contributed by atoms with Gasteiger partial charge in [0.05, 0.1) is 12.7 Å². The lowest BCUT2D eigenvalue weighted by atomic mass is 9.97. The lowest BCUT2D eigenvalue weighted by Gasteiger charge is -2.30. The molecule has 0 spiro atoms. The molecule has 1 aromatic carbocycles. The Morgan fingerprint density at radius 3 is 2.88 bits per heavy atom. The normalized spacial score (nSPS) is 17.8. The standard InChI is InChI=1S/C13H20N2O2/c14-6-10-1-2-11-3-4-15(7-12(11)5-10)8-13(17)9-16/h1-2,5,13,16-17H,3-4,6-9,14H2. The molecule has 0 saturated heterocycles. The first-order valence-corrected chi connectivity index (χ1v) is 6.05. The number of aliphatic hydroxyl groups is 2. The van der Waals surface area contributed by atoms with Gasteiger partial charge in [0, 0.05) is 26.2 Å². The average Bonchev–Trinajstić information content (AvgIpc) is 2.37. The largest absolute Gasteiger partial charge is 0.394 e. The molecule has 4 nitrogen and oxygen atoms in total. The first kappa shape index (κ1) is 12.5. The van der Waals surface area contributed by atoms with Gasteiger partial charge in [-0.05, 0) is 23.1 Å². The summed E-state index contributed by atoms with van der Waals surface area (Å²) in [6.07, 6.45) is 0.354. The molecule has 0 fully saturated rings. The average molecular weight is 236 g/mol. The minimum absolute atomic E-state index is 0.174. The Bertz CT molecular complexity index is 382. The van der Waals surface area contributed by atoms with Gasteiger partial charge in [-0.1, -0.05) is 18.2 Å². The highest BCUT2D eigenvalue weighted by Crippen LogP contribution is 2.20. The number of fused-ring (bicyclic) bond motifs is 1. The third-order valence-corrected chi connectivity index (χ3v) is 3.28. The van der Waals surface area contributed by atoms with Crippen LogP contribution in [0.2, 0.25) is 0 Å². The van der Waals surface area contributed by atoms with Gasteiger partial charge in [-0.2, -0.15) is 0 Å². The van der Waals surface area contributed by atoms with Crippen LogP contribution < -0.4 is 5.73 Å². The summed E-state index contributed by atoms with van der Waals surface area (Å²) in [5.41, 5.74) is 9.45. The molecular weight excluding hydrogens is 216 g/mol. The molecule has 1 aromatic rings. The molecule has 1 heterocycles. The summed E-state index contributed by atoms with van der Waals surface area (Å²) >= 11 is 0. The summed E-state index contributed by atoms with van der Waals surface area (Å²) in [6.45, 7) is 2.69. The van der Waals surface area contributed by atoms with E-state index in [1.807, 2.05) is 0 Å². The summed E-state index contributed by atoms with van der Waals surface area (Å²) in [5.74, 6) is 0. The van der Waals surface area contributed by atoms with Crippen molar-refractivity contribution in [3.63, 3.8) is 0 Å². The van der Waals surface area contributed by atoms with E-state index in [2.05, 4.69) is 23.1 Å². The number of β-amino-alcohol motifs (C(OH)–C–C–N with tert-alkyl or cyclic N) is 1. The Hall–Kier alpha value is -0.940. The highest BCUT2D eigenvalue weighted by atomic mass is 16.3. The van der Waals surface area contributed by atoms with Crippen LogP contribution in [0.1, 0.15) is 16.7 Å². The summed E-state index contributed by atoms with van der Waals surface area (Å²) < 4.78 is 0. The summed E-state index contributed by atoms with van der Waals surface area (Å²) in [5, 5.41) is 18.3. The second-order valence-electron chi connectivity index (χ2n) is 4.63. The van der Waals surface area contributed by atoms with Crippen LogP contribution in [0.25, 0.3) is 0 Å². The molecule has 0 aliphatic carbocycles. The van der Waals surface area contributed by atoms with Gasteiger partial charge < -0.3 is 15.9 Å². The van der Waals surface area contributed by atoms with E-state index in [-0.39, 0.29) is 6.61 Å². The number of hydrogen-bond acceptors (Lipinski definition) is 4. The number of nitrogens with zero attached hydrogens (tertiary/aromatic N) is 1. The minimum Gasteiger partial charge on any atom is -0.394 e. The zero-order valence-corrected chi connectivity index (χ0v) is 9.97. The Balaban J connectivity index is 2.06. The van der Waals surface area contributed by atoms with E-state index in [9.17, 15) is 5.11 Å². The molecule has 4 heteroatoms. The minimum atomic E-state index is -0.644. The van der Waals surface area contributed by atoms with E-state index in [1.54, 1.807) is 0 Å². The van der Waals surface area contributed by atoms with Crippen molar-refractivity contribution in [2.75, 3.05) is 19.7 Å². The molecule has 1 unspecified atom stereocenters. The van der Waals surface area contributed by atoms with E-state index in [4.69, 9.17) is 10.8 Å². The van der Waals surface area contributed by atoms with Crippen molar-refractivity contribution < 1.29 is 10.2 Å². The maximum atomic E-state index is 9.45. The second-order valence-corrected chi connectivity index (χ2v) is 4.63. The second kappa shape index (κ2) is 5.60. The van der Waals surface area contributed by atoms with Crippen molar-refractivity contribution in [3.8, 4) is 0 Å². The predicted octanol–water partition coefficient (Wildman–Crippen LogP) is -0.143. The lowest BCUT2D eigenvalue weighted by molar-refractivity contribution is 0.0551. The van der Waals surface area contributed by atoms with E-state index in [0.29, 0.717) is 13.1 Å². The molecule has 4 N–H and O–H groups in total. The Labute approximate surface area is 102 Å². The van der Waals surface area contributed by atoms with Crippen LogP contribution in [0.15, 0.2) is 18.2 Å². The van der Waals surface area contributed by atoms with Crippen molar-refractivity contribution in [2.45, 2.75) is 25.6 Å². The van der Waals surface area contributed by atoms with Crippen LogP contribution in [-0.4, -0.2) is 40.9 Å². The van der Waals surface area contributed by atoms with Crippen LogP contribution in [-0.2, 0) is 19.5 Å². The van der Waals surface area contributed by atoms with Crippen LogP contribution in [0.3, 0.4) is 0 Å². The van der Waals surface area contributed by atoms with Gasteiger partial charge in [0.1, 0.15) is 0 Å². The zero-order valence-electron chi connectivity index (χ0n) is 9.97. The number of nitrogens with two attached hydrogens (primary N) is 1. The van der Waals surface area contributed by atoms with Gasteiger partial charge in [0.25, 0.3) is 0 Å². The van der Waals surface area contributed by atoms with Crippen molar-refractivity contribution in [1.82, 2.24) is 4.90 Å². The fourth-order valence-electron chi connectivity index (χ4n) is 2.31. The monoisotopic (exact) mass is 236 g/mol. The quantitative estimate of drug-likeness (QED) is 0.680. The molecule has 2 rings (SSSR count). The van der Waals surface area contributed by atoms with Crippen LogP contribution in [0.4, 0.5) is 0 Å². The van der Waals surface area contributed by atoms with E-state index in [1.165, 1.54) is 11.1 Å². The molecule has 0 aromatic heterocycles. The summed E-state index contributed by atoms with van der Waals surface area (Å²) in [6, 6.07) is 6.38. The van der Waals surface area contributed by atoms with Crippen LogP contribution >= 0.6 is 0 Å². The summed E-state index contributed by atoms with van der Waals surface area (Å²) in [7, 11) is 0. The van der Waals surface area contributed by atoms with E-state index in [0.717, 1.165) is 25.1 Å². The van der Waals surface area contributed by atoms with Crippen LogP contribution in [0.5, 0.6) is 0 Å². The smallest absolute Gasteiger partial charge is 0.0897 e. The molecule has 0 radical (unpaired) electrons. The van der Waals surface area contributed by atoms with Gasteiger partial charge in [0.15, 0.2) is 0 Å². The molecule has 0 bridgehead atoms. The molecule has 94 valence electrons. The first-order valence-electron chi connectivity index (χ1n) is 6.05. The molecule has 1 aliphatic heterocycles. The number of aliphatic hydroxyl groups excluding tert-OH is 2. The maximum Gasteiger partial charge on any atom is 0.0897 e. The van der Waals surface area contributed by atoms with Crippen LogP contribution in [0, 0.1) is 0 Å².